The second kappa shape index (κ2) is 7.77. The molecular formula is C20H27N5O2S. The van der Waals surface area contributed by atoms with E-state index in [4.69, 9.17) is 9.72 Å². The van der Waals surface area contributed by atoms with E-state index in [1.807, 2.05) is 18.7 Å². The molecule has 28 heavy (non-hydrogen) atoms. The molecule has 0 aromatic carbocycles. The Labute approximate surface area is 168 Å². The van der Waals surface area contributed by atoms with E-state index < -0.39 is 0 Å². The van der Waals surface area contributed by atoms with Crippen molar-refractivity contribution in [3.63, 3.8) is 0 Å². The molecule has 0 unspecified atom stereocenters. The third kappa shape index (κ3) is 3.52. The summed E-state index contributed by atoms with van der Waals surface area (Å²) >= 11 is 1.68. The number of ether oxygens (including phenoxy) is 1. The highest BCUT2D eigenvalue weighted by molar-refractivity contribution is 7.18. The zero-order valence-electron chi connectivity index (χ0n) is 17.0. The SMILES string of the molecule is COCCN(Cc1nc2sc3c(c2c(=O)[nH]1)CCC3)Cc1c(C)nn(C)c1C. The number of H-pyrrole nitrogens is 1. The van der Waals surface area contributed by atoms with Crippen molar-refractivity contribution in [2.24, 2.45) is 7.05 Å². The predicted molar refractivity (Wildman–Crippen MR) is 111 cm³/mol. The second-order valence-electron chi connectivity index (χ2n) is 7.53. The van der Waals surface area contributed by atoms with Crippen LogP contribution in [0.15, 0.2) is 4.79 Å². The van der Waals surface area contributed by atoms with Gasteiger partial charge in [0.15, 0.2) is 0 Å². The molecule has 0 bridgehead atoms. The number of hydrogen-bond donors (Lipinski definition) is 1. The van der Waals surface area contributed by atoms with E-state index in [1.165, 1.54) is 16.0 Å². The highest BCUT2D eigenvalue weighted by atomic mass is 32.1. The summed E-state index contributed by atoms with van der Waals surface area (Å²) < 4.78 is 7.21. The monoisotopic (exact) mass is 401 g/mol. The Morgan fingerprint density at radius 3 is 2.82 bits per heavy atom. The van der Waals surface area contributed by atoms with Crippen molar-refractivity contribution in [3.05, 3.63) is 43.6 Å². The fourth-order valence-electron chi connectivity index (χ4n) is 4.04. The number of nitrogens with zero attached hydrogens (tertiary/aromatic N) is 4. The standard InChI is InChI=1S/C20H27N5O2S/c1-12-15(13(2)24(3)23-12)10-25(8-9-27-4)11-17-21-19(26)18-14-6-5-7-16(14)28-20(18)22-17/h5-11H2,1-4H3,(H,21,22,26). The van der Waals surface area contributed by atoms with Gasteiger partial charge in [-0.3, -0.25) is 14.4 Å². The maximum absolute atomic E-state index is 12.7. The van der Waals surface area contributed by atoms with Crippen LogP contribution in [-0.4, -0.2) is 44.9 Å². The molecule has 0 radical (unpaired) electrons. The van der Waals surface area contributed by atoms with Crippen LogP contribution in [0.4, 0.5) is 0 Å². The fourth-order valence-corrected chi connectivity index (χ4v) is 5.32. The van der Waals surface area contributed by atoms with Crippen molar-refractivity contribution in [1.82, 2.24) is 24.6 Å². The lowest BCUT2D eigenvalue weighted by Crippen LogP contribution is -2.29. The van der Waals surface area contributed by atoms with Crippen molar-refractivity contribution >= 4 is 21.6 Å². The maximum Gasteiger partial charge on any atom is 0.259 e. The maximum atomic E-state index is 12.7. The van der Waals surface area contributed by atoms with Crippen LogP contribution in [0.1, 0.15) is 39.6 Å². The highest BCUT2D eigenvalue weighted by Crippen LogP contribution is 2.34. The summed E-state index contributed by atoms with van der Waals surface area (Å²) in [4.78, 5) is 25.0. The number of hydrogen-bond acceptors (Lipinski definition) is 6. The smallest absolute Gasteiger partial charge is 0.259 e. The second-order valence-corrected chi connectivity index (χ2v) is 8.61. The van der Waals surface area contributed by atoms with E-state index in [9.17, 15) is 4.79 Å². The van der Waals surface area contributed by atoms with E-state index in [1.54, 1.807) is 18.4 Å². The Hall–Kier alpha value is -2.03. The van der Waals surface area contributed by atoms with Gasteiger partial charge >= 0.3 is 0 Å². The van der Waals surface area contributed by atoms with Crippen molar-refractivity contribution in [2.45, 2.75) is 46.2 Å². The Morgan fingerprint density at radius 1 is 1.29 bits per heavy atom. The van der Waals surface area contributed by atoms with Crippen LogP contribution in [0.25, 0.3) is 10.2 Å². The summed E-state index contributed by atoms with van der Waals surface area (Å²) in [6.45, 7) is 6.83. The molecule has 0 saturated carbocycles. The number of aromatic amines is 1. The van der Waals surface area contributed by atoms with E-state index in [0.29, 0.717) is 19.0 Å². The topological polar surface area (TPSA) is 76.0 Å². The number of rotatable bonds is 7. The molecule has 0 amide bonds. The van der Waals surface area contributed by atoms with Gasteiger partial charge in [0.2, 0.25) is 0 Å². The van der Waals surface area contributed by atoms with Crippen LogP contribution >= 0.6 is 11.3 Å². The van der Waals surface area contributed by atoms with Gasteiger partial charge in [-0.15, -0.1) is 11.3 Å². The van der Waals surface area contributed by atoms with Gasteiger partial charge in [0, 0.05) is 43.4 Å². The third-order valence-corrected chi connectivity index (χ3v) is 6.84. The van der Waals surface area contributed by atoms with Gasteiger partial charge in [-0.25, -0.2) is 4.98 Å². The molecule has 8 heteroatoms. The van der Waals surface area contributed by atoms with Gasteiger partial charge < -0.3 is 9.72 Å². The molecule has 3 aromatic rings. The molecule has 0 saturated heterocycles. The number of aromatic nitrogens is 4. The Bertz CT molecular complexity index is 1060. The first-order valence-electron chi connectivity index (χ1n) is 9.71. The molecule has 7 nitrogen and oxygen atoms in total. The fraction of sp³-hybridized carbons (Fsp3) is 0.550. The molecule has 3 heterocycles. The quantitative estimate of drug-likeness (QED) is 0.658. The van der Waals surface area contributed by atoms with Crippen molar-refractivity contribution in [1.29, 1.82) is 0 Å². The minimum absolute atomic E-state index is 0.000157. The predicted octanol–water partition coefficient (Wildman–Crippen LogP) is 2.47. The van der Waals surface area contributed by atoms with Gasteiger partial charge in [-0.05, 0) is 38.7 Å². The summed E-state index contributed by atoms with van der Waals surface area (Å²) in [5.74, 6) is 0.715. The molecule has 3 aromatic heterocycles. The van der Waals surface area contributed by atoms with Crippen LogP contribution in [0.5, 0.6) is 0 Å². The first-order valence-corrected chi connectivity index (χ1v) is 10.5. The Morgan fingerprint density at radius 2 is 2.11 bits per heavy atom. The van der Waals surface area contributed by atoms with E-state index in [0.717, 1.165) is 54.0 Å². The third-order valence-electron chi connectivity index (χ3n) is 5.65. The zero-order chi connectivity index (χ0) is 19.8. The molecule has 0 spiro atoms. The van der Waals surface area contributed by atoms with E-state index in [2.05, 4.69) is 21.9 Å². The van der Waals surface area contributed by atoms with E-state index >= 15 is 0 Å². The first kappa shape index (κ1) is 19.3. The number of fused-ring (bicyclic) bond motifs is 3. The molecule has 0 atom stereocenters. The molecular weight excluding hydrogens is 374 g/mol. The molecule has 1 N–H and O–H groups in total. The van der Waals surface area contributed by atoms with Crippen LogP contribution in [0.3, 0.4) is 0 Å². The molecule has 150 valence electrons. The summed E-state index contributed by atoms with van der Waals surface area (Å²) in [5.41, 5.74) is 4.63. The summed E-state index contributed by atoms with van der Waals surface area (Å²) in [5, 5.41) is 5.33. The number of methoxy groups -OCH3 is 1. The molecule has 0 fully saturated rings. The van der Waals surface area contributed by atoms with Crippen LogP contribution in [0.2, 0.25) is 0 Å². The zero-order valence-corrected chi connectivity index (χ0v) is 17.8. The Balaban J connectivity index is 1.62. The van der Waals surface area contributed by atoms with Crippen LogP contribution < -0.4 is 5.56 Å². The minimum atomic E-state index is -0.000157. The summed E-state index contributed by atoms with van der Waals surface area (Å²) in [7, 11) is 3.67. The van der Waals surface area contributed by atoms with Gasteiger partial charge in [-0.2, -0.15) is 5.10 Å². The van der Waals surface area contributed by atoms with Gasteiger partial charge in [-0.1, -0.05) is 0 Å². The van der Waals surface area contributed by atoms with Gasteiger partial charge in [0.25, 0.3) is 5.56 Å². The molecule has 4 rings (SSSR count). The highest BCUT2D eigenvalue weighted by Gasteiger charge is 2.22. The van der Waals surface area contributed by atoms with Gasteiger partial charge in [0.05, 0.1) is 24.2 Å². The molecule has 1 aliphatic rings. The minimum Gasteiger partial charge on any atom is -0.383 e. The van der Waals surface area contributed by atoms with Crippen molar-refractivity contribution in [2.75, 3.05) is 20.3 Å². The number of thiophene rings is 1. The average molecular weight is 402 g/mol. The summed E-state index contributed by atoms with van der Waals surface area (Å²) in [6.07, 6.45) is 3.22. The lowest BCUT2D eigenvalue weighted by atomic mass is 10.2. The van der Waals surface area contributed by atoms with Crippen molar-refractivity contribution < 1.29 is 4.74 Å². The largest absolute Gasteiger partial charge is 0.383 e. The molecule has 0 aliphatic heterocycles. The molecule has 1 aliphatic carbocycles. The Kier molecular flexibility index (Phi) is 5.35. The van der Waals surface area contributed by atoms with Crippen molar-refractivity contribution in [3.8, 4) is 0 Å². The van der Waals surface area contributed by atoms with Crippen LogP contribution in [0, 0.1) is 13.8 Å². The lowest BCUT2D eigenvalue weighted by Gasteiger charge is -2.21. The van der Waals surface area contributed by atoms with Crippen LogP contribution in [-0.2, 0) is 37.7 Å². The average Bonchev–Trinajstić information content (AvgIpc) is 3.29. The first-order chi connectivity index (χ1) is 13.5. The van der Waals surface area contributed by atoms with Gasteiger partial charge in [0.1, 0.15) is 10.7 Å². The number of nitrogens with one attached hydrogen (secondary N) is 1. The number of aryl methyl sites for hydroxylation is 4. The normalized spacial score (nSPS) is 13.8. The lowest BCUT2D eigenvalue weighted by molar-refractivity contribution is 0.138. The summed E-state index contributed by atoms with van der Waals surface area (Å²) in [6, 6.07) is 0. The van der Waals surface area contributed by atoms with E-state index in [-0.39, 0.29) is 5.56 Å².